The minimum absolute atomic E-state index is 0.285. The van der Waals surface area contributed by atoms with Gasteiger partial charge in [0, 0.05) is 43.8 Å². The number of rotatable bonds is 4. The van der Waals surface area contributed by atoms with Gasteiger partial charge in [0.05, 0.1) is 0 Å². The van der Waals surface area contributed by atoms with E-state index < -0.39 is 0 Å². The van der Waals surface area contributed by atoms with Gasteiger partial charge in [-0.25, -0.2) is 4.98 Å². The van der Waals surface area contributed by atoms with Crippen molar-refractivity contribution in [1.82, 2.24) is 14.9 Å². The zero-order valence-corrected chi connectivity index (χ0v) is 12.4. The molecule has 4 heteroatoms. The molecule has 1 aliphatic rings. The zero-order valence-electron chi connectivity index (χ0n) is 12.4. The maximum absolute atomic E-state index is 6.04. The number of nitrogens with zero attached hydrogens (tertiary/aromatic N) is 3. The van der Waals surface area contributed by atoms with Crippen LogP contribution in [0.1, 0.15) is 24.0 Å². The molecule has 0 unspecified atom stereocenters. The molecule has 0 atom stereocenters. The molecule has 0 spiro atoms. The van der Waals surface area contributed by atoms with Crippen LogP contribution < -0.4 is 4.74 Å². The van der Waals surface area contributed by atoms with E-state index in [1.54, 1.807) is 6.20 Å². The van der Waals surface area contributed by atoms with Crippen LogP contribution in [0.4, 0.5) is 0 Å². The van der Waals surface area contributed by atoms with E-state index in [9.17, 15) is 0 Å². The second kappa shape index (κ2) is 6.68. The maximum atomic E-state index is 6.04. The summed E-state index contributed by atoms with van der Waals surface area (Å²) in [6, 6.07) is 8.15. The van der Waals surface area contributed by atoms with E-state index in [0.29, 0.717) is 0 Å². The van der Waals surface area contributed by atoms with Gasteiger partial charge in [0.15, 0.2) is 0 Å². The van der Waals surface area contributed by atoms with E-state index in [1.165, 1.54) is 5.56 Å². The highest BCUT2D eigenvalue weighted by Gasteiger charge is 2.21. The monoisotopic (exact) mass is 283 g/mol. The highest BCUT2D eigenvalue weighted by molar-refractivity contribution is 5.23. The number of aryl methyl sites for hydroxylation is 1. The summed E-state index contributed by atoms with van der Waals surface area (Å²) in [5.74, 6) is 0.782. The van der Waals surface area contributed by atoms with Crippen molar-refractivity contribution in [1.29, 1.82) is 0 Å². The van der Waals surface area contributed by atoms with Gasteiger partial charge in [-0.3, -0.25) is 9.88 Å². The Morgan fingerprint density at radius 2 is 1.90 bits per heavy atom. The molecule has 1 saturated heterocycles. The molecular weight excluding hydrogens is 262 g/mol. The Labute approximate surface area is 125 Å². The van der Waals surface area contributed by atoms with Crippen molar-refractivity contribution >= 4 is 0 Å². The molecule has 0 aromatic carbocycles. The van der Waals surface area contributed by atoms with E-state index >= 15 is 0 Å². The summed E-state index contributed by atoms with van der Waals surface area (Å²) in [6.07, 6.45) is 7.90. The standard InChI is InChI=1S/C17H21N3O/c1-14-3-2-8-19-17(14)21-16-6-11-20(12-7-16)13-15-4-9-18-10-5-15/h2-5,8-10,16H,6-7,11-13H2,1H3. The molecule has 0 saturated carbocycles. The van der Waals surface area contributed by atoms with Gasteiger partial charge in [0.25, 0.3) is 0 Å². The largest absolute Gasteiger partial charge is 0.474 e. The summed E-state index contributed by atoms with van der Waals surface area (Å²) >= 11 is 0. The van der Waals surface area contributed by atoms with Crippen molar-refractivity contribution in [3.8, 4) is 5.88 Å². The molecule has 0 aliphatic carbocycles. The van der Waals surface area contributed by atoms with Crippen LogP contribution in [-0.2, 0) is 6.54 Å². The molecule has 1 fully saturated rings. The Kier molecular flexibility index (Phi) is 4.46. The average molecular weight is 283 g/mol. The van der Waals surface area contributed by atoms with Crippen LogP contribution in [0.15, 0.2) is 42.9 Å². The van der Waals surface area contributed by atoms with Gasteiger partial charge >= 0.3 is 0 Å². The lowest BCUT2D eigenvalue weighted by Gasteiger charge is -2.32. The number of hydrogen-bond donors (Lipinski definition) is 0. The van der Waals surface area contributed by atoms with E-state index in [0.717, 1.165) is 43.9 Å². The number of piperidine rings is 1. The highest BCUT2D eigenvalue weighted by atomic mass is 16.5. The summed E-state index contributed by atoms with van der Waals surface area (Å²) in [4.78, 5) is 10.8. The molecule has 3 heterocycles. The van der Waals surface area contributed by atoms with E-state index in [1.807, 2.05) is 31.5 Å². The fourth-order valence-electron chi connectivity index (χ4n) is 2.68. The van der Waals surface area contributed by atoms with Crippen molar-refractivity contribution in [2.45, 2.75) is 32.4 Å². The molecule has 21 heavy (non-hydrogen) atoms. The predicted molar refractivity (Wildman–Crippen MR) is 82.1 cm³/mol. The predicted octanol–water partition coefficient (Wildman–Crippen LogP) is 2.83. The van der Waals surface area contributed by atoms with Gasteiger partial charge in [-0.1, -0.05) is 6.07 Å². The minimum Gasteiger partial charge on any atom is -0.474 e. The van der Waals surface area contributed by atoms with Gasteiger partial charge in [0.1, 0.15) is 6.10 Å². The molecule has 0 bridgehead atoms. The molecule has 3 rings (SSSR count). The van der Waals surface area contributed by atoms with Gasteiger partial charge < -0.3 is 4.74 Å². The summed E-state index contributed by atoms with van der Waals surface area (Å²) < 4.78 is 6.04. The first-order chi connectivity index (χ1) is 10.3. The topological polar surface area (TPSA) is 38.2 Å². The van der Waals surface area contributed by atoms with Crippen LogP contribution in [-0.4, -0.2) is 34.1 Å². The van der Waals surface area contributed by atoms with Gasteiger partial charge in [-0.15, -0.1) is 0 Å². The first-order valence-electron chi connectivity index (χ1n) is 7.51. The summed E-state index contributed by atoms with van der Waals surface area (Å²) in [5, 5.41) is 0. The molecule has 1 aliphatic heterocycles. The number of hydrogen-bond acceptors (Lipinski definition) is 4. The molecule has 2 aromatic rings. The number of ether oxygens (including phenoxy) is 1. The smallest absolute Gasteiger partial charge is 0.216 e. The van der Waals surface area contributed by atoms with Crippen molar-refractivity contribution in [3.05, 3.63) is 54.0 Å². The van der Waals surface area contributed by atoms with E-state index in [2.05, 4.69) is 27.0 Å². The van der Waals surface area contributed by atoms with Gasteiger partial charge in [-0.2, -0.15) is 0 Å². The van der Waals surface area contributed by atoms with Crippen LogP contribution in [0, 0.1) is 6.92 Å². The van der Waals surface area contributed by atoms with Crippen molar-refractivity contribution in [2.75, 3.05) is 13.1 Å². The quantitative estimate of drug-likeness (QED) is 0.865. The van der Waals surface area contributed by atoms with Crippen LogP contribution in [0.25, 0.3) is 0 Å². The lowest BCUT2D eigenvalue weighted by atomic mass is 10.1. The first-order valence-corrected chi connectivity index (χ1v) is 7.51. The molecule has 110 valence electrons. The Morgan fingerprint density at radius 1 is 1.14 bits per heavy atom. The highest BCUT2D eigenvalue weighted by Crippen LogP contribution is 2.20. The number of aromatic nitrogens is 2. The Hall–Kier alpha value is -1.94. The van der Waals surface area contributed by atoms with Crippen LogP contribution in [0.5, 0.6) is 5.88 Å². The molecule has 0 radical (unpaired) electrons. The average Bonchev–Trinajstić information content (AvgIpc) is 2.52. The second-order valence-electron chi connectivity index (χ2n) is 5.57. The molecular formula is C17H21N3O. The van der Waals surface area contributed by atoms with Gasteiger partial charge in [-0.05, 0) is 43.5 Å². The van der Waals surface area contributed by atoms with Crippen molar-refractivity contribution in [2.24, 2.45) is 0 Å². The van der Waals surface area contributed by atoms with E-state index in [-0.39, 0.29) is 6.10 Å². The molecule has 2 aromatic heterocycles. The number of likely N-dealkylation sites (tertiary alicyclic amines) is 1. The second-order valence-corrected chi connectivity index (χ2v) is 5.57. The Bertz CT molecular complexity index is 565. The minimum atomic E-state index is 0.285. The fraction of sp³-hybridized carbons (Fsp3) is 0.412. The van der Waals surface area contributed by atoms with Crippen LogP contribution in [0.2, 0.25) is 0 Å². The third-order valence-corrected chi connectivity index (χ3v) is 3.93. The van der Waals surface area contributed by atoms with Crippen molar-refractivity contribution < 1.29 is 4.74 Å². The van der Waals surface area contributed by atoms with Crippen LogP contribution >= 0.6 is 0 Å². The fourth-order valence-corrected chi connectivity index (χ4v) is 2.68. The molecule has 0 N–H and O–H groups in total. The lowest BCUT2D eigenvalue weighted by Crippen LogP contribution is -2.38. The summed E-state index contributed by atoms with van der Waals surface area (Å²) in [5.41, 5.74) is 2.43. The Balaban J connectivity index is 1.50. The SMILES string of the molecule is Cc1cccnc1OC1CCN(Cc2ccncc2)CC1. The van der Waals surface area contributed by atoms with Gasteiger partial charge in [0.2, 0.25) is 5.88 Å². The zero-order chi connectivity index (χ0) is 14.5. The molecule has 0 amide bonds. The third kappa shape index (κ3) is 3.79. The summed E-state index contributed by atoms with van der Waals surface area (Å²) in [6.45, 7) is 5.18. The van der Waals surface area contributed by atoms with E-state index in [4.69, 9.17) is 4.74 Å². The first kappa shape index (κ1) is 14.0. The third-order valence-electron chi connectivity index (χ3n) is 3.93. The van der Waals surface area contributed by atoms with Crippen LogP contribution in [0.3, 0.4) is 0 Å². The summed E-state index contributed by atoms with van der Waals surface area (Å²) in [7, 11) is 0. The Morgan fingerprint density at radius 3 is 2.62 bits per heavy atom. The maximum Gasteiger partial charge on any atom is 0.216 e. The lowest BCUT2D eigenvalue weighted by molar-refractivity contribution is 0.0926. The van der Waals surface area contributed by atoms with Crippen molar-refractivity contribution in [3.63, 3.8) is 0 Å². The molecule has 4 nitrogen and oxygen atoms in total. The number of pyridine rings is 2. The normalized spacial score (nSPS) is 16.8.